The Kier molecular flexibility index (Phi) is 8.56. The highest BCUT2D eigenvalue weighted by atomic mass is 19.1. The Balaban J connectivity index is 1.50. The third kappa shape index (κ3) is 6.73. The fourth-order valence-electron chi connectivity index (χ4n) is 3.78. The van der Waals surface area contributed by atoms with Crippen molar-refractivity contribution >= 4 is 11.8 Å². The van der Waals surface area contributed by atoms with Crippen molar-refractivity contribution < 1.29 is 18.7 Å². The summed E-state index contributed by atoms with van der Waals surface area (Å²) in [6.45, 7) is 8.04. The molecule has 166 valence electrons. The zero-order valence-electron chi connectivity index (χ0n) is 17.6. The summed E-state index contributed by atoms with van der Waals surface area (Å²) in [6, 6.07) is 6.24. The molecule has 1 aromatic rings. The summed E-state index contributed by atoms with van der Waals surface area (Å²) in [5, 5.41) is 5.44. The minimum Gasteiger partial charge on any atom is -0.379 e. The Morgan fingerprint density at radius 3 is 2.30 bits per heavy atom. The van der Waals surface area contributed by atoms with Crippen LogP contribution in [0.1, 0.15) is 11.6 Å². The Labute approximate surface area is 177 Å². The van der Waals surface area contributed by atoms with Crippen LogP contribution < -0.4 is 10.6 Å². The topological polar surface area (TPSA) is 77.1 Å². The first-order valence-electron chi connectivity index (χ1n) is 10.6. The smallest absolute Gasteiger partial charge is 0.309 e. The predicted octanol–water partition coefficient (Wildman–Crippen LogP) is -0.321. The lowest BCUT2D eigenvalue weighted by Crippen LogP contribution is -2.50. The molecule has 2 heterocycles. The third-order valence-corrected chi connectivity index (χ3v) is 5.71. The highest BCUT2D eigenvalue weighted by Crippen LogP contribution is 2.22. The van der Waals surface area contributed by atoms with Gasteiger partial charge in [0.05, 0.1) is 19.3 Å². The number of ether oxygens (including phenoxy) is 1. The van der Waals surface area contributed by atoms with Gasteiger partial charge < -0.3 is 20.3 Å². The average molecular weight is 422 g/mol. The molecule has 0 radical (unpaired) electrons. The van der Waals surface area contributed by atoms with Crippen LogP contribution in [-0.2, 0) is 14.3 Å². The maximum atomic E-state index is 13.4. The number of nitrogens with zero attached hydrogens (tertiary/aromatic N) is 3. The monoisotopic (exact) mass is 421 g/mol. The number of amides is 2. The number of benzene rings is 1. The summed E-state index contributed by atoms with van der Waals surface area (Å²) in [7, 11) is 2.08. The largest absolute Gasteiger partial charge is 0.379 e. The summed E-state index contributed by atoms with van der Waals surface area (Å²) < 4.78 is 18.7. The van der Waals surface area contributed by atoms with Crippen LogP contribution in [-0.4, -0.2) is 106 Å². The number of carbonyl (C=O) groups is 2. The molecule has 0 aliphatic carbocycles. The van der Waals surface area contributed by atoms with E-state index in [0.29, 0.717) is 32.8 Å². The van der Waals surface area contributed by atoms with Crippen molar-refractivity contribution in [2.45, 2.75) is 6.04 Å². The van der Waals surface area contributed by atoms with Crippen molar-refractivity contribution in [3.8, 4) is 0 Å². The van der Waals surface area contributed by atoms with Crippen molar-refractivity contribution in [1.82, 2.24) is 25.3 Å². The summed E-state index contributed by atoms with van der Waals surface area (Å²) >= 11 is 0. The van der Waals surface area contributed by atoms with Crippen LogP contribution in [0.2, 0.25) is 0 Å². The SMILES string of the molecule is CN1CCN([C@@H](CNC(=O)C(=O)NCCN2CCOCC2)c2ccc(F)cc2)CC1. The average Bonchev–Trinajstić information content (AvgIpc) is 2.76. The lowest BCUT2D eigenvalue weighted by atomic mass is 10.0. The molecule has 0 saturated carbocycles. The second-order valence-electron chi connectivity index (χ2n) is 7.83. The minimum atomic E-state index is -0.641. The van der Waals surface area contributed by atoms with Crippen LogP contribution in [0.4, 0.5) is 4.39 Å². The number of morpholine rings is 1. The molecule has 0 unspecified atom stereocenters. The van der Waals surface area contributed by atoms with E-state index in [2.05, 4.69) is 32.4 Å². The molecule has 0 bridgehead atoms. The number of rotatable bonds is 7. The van der Waals surface area contributed by atoms with Gasteiger partial charge in [0.15, 0.2) is 0 Å². The third-order valence-electron chi connectivity index (χ3n) is 5.71. The van der Waals surface area contributed by atoms with E-state index >= 15 is 0 Å². The second kappa shape index (κ2) is 11.4. The number of likely N-dealkylation sites (N-methyl/N-ethyl adjacent to an activating group) is 1. The van der Waals surface area contributed by atoms with E-state index in [0.717, 1.165) is 44.8 Å². The molecule has 2 fully saturated rings. The molecule has 2 saturated heterocycles. The molecule has 9 heteroatoms. The van der Waals surface area contributed by atoms with Gasteiger partial charge in [0.25, 0.3) is 0 Å². The minimum absolute atomic E-state index is 0.107. The highest BCUT2D eigenvalue weighted by Gasteiger charge is 2.25. The summed E-state index contributed by atoms with van der Waals surface area (Å²) in [4.78, 5) is 31.2. The molecule has 2 amide bonds. The van der Waals surface area contributed by atoms with Crippen LogP contribution in [0, 0.1) is 5.82 Å². The van der Waals surface area contributed by atoms with Gasteiger partial charge in [0, 0.05) is 58.9 Å². The Hall–Kier alpha value is -2.07. The lowest BCUT2D eigenvalue weighted by molar-refractivity contribution is -0.139. The van der Waals surface area contributed by atoms with Crippen molar-refractivity contribution in [3.63, 3.8) is 0 Å². The number of hydrogen-bond acceptors (Lipinski definition) is 6. The van der Waals surface area contributed by atoms with Gasteiger partial charge in [-0.15, -0.1) is 0 Å². The highest BCUT2D eigenvalue weighted by molar-refractivity contribution is 6.35. The standard InChI is InChI=1S/C21H32FN5O3/c1-25-8-10-27(11-9-25)19(17-2-4-18(22)5-3-17)16-24-21(29)20(28)23-6-7-26-12-14-30-15-13-26/h2-5,19H,6-16H2,1H3,(H,23,28)(H,24,29)/t19-/m0/s1. The van der Waals surface area contributed by atoms with Crippen LogP contribution in [0.3, 0.4) is 0 Å². The van der Waals surface area contributed by atoms with Crippen molar-refractivity contribution in [1.29, 1.82) is 0 Å². The fourth-order valence-corrected chi connectivity index (χ4v) is 3.78. The lowest BCUT2D eigenvalue weighted by Gasteiger charge is -2.38. The normalized spacial score (nSPS) is 19.9. The van der Waals surface area contributed by atoms with Gasteiger partial charge in [0.2, 0.25) is 0 Å². The van der Waals surface area contributed by atoms with Crippen molar-refractivity contribution in [2.75, 3.05) is 79.2 Å². The van der Waals surface area contributed by atoms with Gasteiger partial charge in [-0.1, -0.05) is 12.1 Å². The molecule has 0 spiro atoms. The van der Waals surface area contributed by atoms with Crippen molar-refractivity contribution in [3.05, 3.63) is 35.6 Å². The first-order valence-corrected chi connectivity index (χ1v) is 10.6. The molecule has 3 rings (SSSR count). The molecule has 2 aliphatic heterocycles. The molecule has 2 aliphatic rings. The molecule has 2 N–H and O–H groups in total. The summed E-state index contributed by atoms with van der Waals surface area (Å²) in [6.07, 6.45) is 0. The van der Waals surface area contributed by atoms with E-state index in [4.69, 9.17) is 4.74 Å². The van der Waals surface area contributed by atoms with E-state index < -0.39 is 11.8 Å². The molecule has 1 aromatic carbocycles. The van der Waals surface area contributed by atoms with E-state index in [-0.39, 0.29) is 11.9 Å². The number of nitrogens with one attached hydrogen (secondary N) is 2. The first kappa shape index (κ1) is 22.6. The van der Waals surface area contributed by atoms with E-state index in [1.165, 1.54) is 12.1 Å². The van der Waals surface area contributed by atoms with Gasteiger partial charge >= 0.3 is 11.8 Å². The second-order valence-corrected chi connectivity index (χ2v) is 7.83. The first-order chi connectivity index (χ1) is 14.5. The van der Waals surface area contributed by atoms with Gasteiger partial charge in [-0.2, -0.15) is 0 Å². The molecule has 8 nitrogen and oxygen atoms in total. The van der Waals surface area contributed by atoms with Crippen LogP contribution >= 0.6 is 0 Å². The van der Waals surface area contributed by atoms with Gasteiger partial charge in [-0.25, -0.2) is 4.39 Å². The molecule has 0 aromatic heterocycles. The molecule has 1 atom stereocenters. The molecular weight excluding hydrogens is 389 g/mol. The van der Waals surface area contributed by atoms with E-state index in [1.807, 2.05) is 0 Å². The number of hydrogen-bond donors (Lipinski definition) is 2. The van der Waals surface area contributed by atoms with Crippen LogP contribution in [0.5, 0.6) is 0 Å². The van der Waals surface area contributed by atoms with E-state index in [9.17, 15) is 14.0 Å². The Morgan fingerprint density at radius 2 is 1.63 bits per heavy atom. The quantitative estimate of drug-likeness (QED) is 0.588. The summed E-state index contributed by atoms with van der Waals surface area (Å²) in [5.41, 5.74) is 0.925. The maximum absolute atomic E-state index is 13.4. The number of halogens is 1. The molecule has 30 heavy (non-hydrogen) atoms. The summed E-state index contributed by atoms with van der Waals surface area (Å²) in [5.74, 6) is -1.56. The Morgan fingerprint density at radius 1 is 1.00 bits per heavy atom. The predicted molar refractivity (Wildman–Crippen MR) is 111 cm³/mol. The van der Waals surface area contributed by atoms with Crippen molar-refractivity contribution in [2.24, 2.45) is 0 Å². The number of piperazine rings is 1. The zero-order chi connectivity index (χ0) is 21.3. The van der Waals surface area contributed by atoms with Crippen LogP contribution in [0.25, 0.3) is 0 Å². The van der Waals surface area contributed by atoms with E-state index in [1.54, 1.807) is 12.1 Å². The Bertz CT molecular complexity index is 688. The van der Waals surface area contributed by atoms with Gasteiger partial charge in [-0.3, -0.25) is 19.4 Å². The fraction of sp³-hybridized carbons (Fsp3) is 0.619. The number of carbonyl (C=O) groups excluding carboxylic acids is 2. The molecular formula is C21H32FN5O3. The van der Waals surface area contributed by atoms with Gasteiger partial charge in [0.1, 0.15) is 5.82 Å². The zero-order valence-corrected chi connectivity index (χ0v) is 17.6. The van der Waals surface area contributed by atoms with Crippen LogP contribution in [0.15, 0.2) is 24.3 Å². The van der Waals surface area contributed by atoms with Gasteiger partial charge in [-0.05, 0) is 24.7 Å². The maximum Gasteiger partial charge on any atom is 0.309 e.